The number of hydrogen-bond donors (Lipinski definition) is 0. The summed E-state index contributed by atoms with van der Waals surface area (Å²) in [6, 6.07) is 11.5. The molecule has 2 aromatic rings. The van der Waals surface area contributed by atoms with Gasteiger partial charge in [0.15, 0.2) is 5.82 Å². The van der Waals surface area contributed by atoms with Gasteiger partial charge in [-0.2, -0.15) is 0 Å². The minimum atomic E-state index is -1.44. The monoisotopic (exact) mass is 332 g/mol. The van der Waals surface area contributed by atoms with Gasteiger partial charge in [0.1, 0.15) is 5.30 Å². The number of aromatic nitrogens is 1. The lowest BCUT2D eigenvalue weighted by molar-refractivity contribution is 0.635. The lowest BCUT2D eigenvalue weighted by Gasteiger charge is -2.27. The first-order valence-electron chi connectivity index (χ1n) is 8.74. The lowest BCUT2D eigenvalue weighted by atomic mass is 10.1. The van der Waals surface area contributed by atoms with Gasteiger partial charge in [0.05, 0.1) is 31.4 Å². The SMILES string of the molecule is CCC[P+](CCC)(CCC)c1cc(-c2ccccn2)ccc1F. The molecule has 1 nitrogen and oxygen atoms in total. The molecule has 0 unspecified atom stereocenters. The Kier molecular flexibility index (Phi) is 6.72. The molecule has 0 aliphatic heterocycles. The minimum absolute atomic E-state index is 0.0200. The van der Waals surface area contributed by atoms with Gasteiger partial charge in [-0.3, -0.25) is 4.98 Å². The van der Waals surface area contributed by atoms with E-state index in [9.17, 15) is 4.39 Å². The van der Waals surface area contributed by atoms with E-state index in [0.717, 1.165) is 54.3 Å². The van der Waals surface area contributed by atoms with Crippen LogP contribution in [0.5, 0.6) is 0 Å². The van der Waals surface area contributed by atoms with Crippen molar-refractivity contribution in [3.8, 4) is 11.3 Å². The Morgan fingerprint density at radius 3 is 2.09 bits per heavy atom. The molecule has 0 saturated carbocycles. The molecule has 0 saturated heterocycles. The third-order valence-corrected chi connectivity index (χ3v) is 9.65. The summed E-state index contributed by atoms with van der Waals surface area (Å²) in [7, 11) is -1.44. The van der Waals surface area contributed by atoms with Crippen LogP contribution in [0.1, 0.15) is 40.0 Å². The quantitative estimate of drug-likeness (QED) is 0.560. The van der Waals surface area contributed by atoms with Crippen LogP contribution in [0.25, 0.3) is 11.3 Å². The maximum Gasteiger partial charge on any atom is 0.165 e. The fourth-order valence-electron chi connectivity index (χ4n) is 3.55. The first-order chi connectivity index (χ1) is 11.2. The van der Waals surface area contributed by atoms with Crippen LogP contribution in [-0.2, 0) is 0 Å². The van der Waals surface area contributed by atoms with E-state index in [1.165, 1.54) is 0 Å². The fourth-order valence-corrected chi connectivity index (χ4v) is 8.45. The molecule has 0 bridgehead atoms. The van der Waals surface area contributed by atoms with Crippen LogP contribution >= 0.6 is 7.26 Å². The van der Waals surface area contributed by atoms with E-state index in [2.05, 4.69) is 31.8 Å². The molecule has 0 atom stereocenters. The van der Waals surface area contributed by atoms with Crippen molar-refractivity contribution in [3.05, 3.63) is 48.4 Å². The minimum Gasteiger partial charge on any atom is -0.256 e. The van der Waals surface area contributed by atoms with Crippen molar-refractivity contribution >= 4 is 12.6 Å². The van der Waals surface area contributed by atoms with E-state index >= 15 is 0 Å². The highest BCUT2D eigenvalue weighted by atomic mass is 31.2. The second-order valence-corrected chi connectivity index (χ2v) is 10.3. The highest BCUT2D eigenvalue weighted by Crippen LogP contribution is 2.59. The van der Waals surface area contributed by atoms with Gasteiger partial charge >= 0.3 is 0 Å². The van der Waals surface area contributed by atoms with E-state index in [1.807, 2.05) is 24.3 Å². The molecule has 2 rings (SSSR count). The Morgan fingerprint density at radius 2 is 1.57 bits per heavy atom. The summed E-state index contributed by atoms with van der Waals surface area (Å²) in [4.78, 5) is 4.43. The molecule has 0 N–H and O–H groups in total. The molecule has 1 aromatic carbocycles. The maximum atomic E-state index is 14.8. The van der Waals surface area contributed by atoms with Gasteiger partial charge in [0, 0.05) is 11.8 Å². The smallest absolute Gasteiger partial charge is 0.165 e. The predicted molar refractivity (Wildman–Crippen MR) is 102 cm³/mol. The molecule has 0 amide bonds. The number of hydrogen-bond acceptors (Lipinski definition) is 1. The Hall–Kier alpha value is -1.27. The summed E-state index contributed by atoms with van der Waals surface area (Å²) < 4.78 is 14.8. The van der Waals surface area contributed by atoms with E-state index in [4.69, 9.17) is 0 Å². The van der Waals surface area contributed by atoms with Gasteiger partial charge in [-0.15, -0.1) is 0 Å². The van der Waals surface area contributed by atoms with Crippen molar-refractivity contribution in [2.45, 2.75) is 40.0 Å². The number of nitrogens with zero attached hydrogens (tertiary/aromatic N) is 1. The molecule has 0 aliphatic rings. The van der Waals surface area contributed by atoms with Crippen LogP contribution in [0.3, 0.4) is 0 Å². The highest BCUT2D eigenvalue weighted by Gasteiger charge is 2.40. The van der Waals surface area contributed by atoms with E-state index in [-0.39, 0.29) is 5.82 Å². The van der Waals surface area contributed by atoms with E-state index < -0.39 is 7.26 Å². The number of halogens is 1. The van der Waals surface area contributed by atoms with Crippen molar-refractivity contribution in [3.63, 3.8) is 0 Å². The Morgan fingerprint density at radius 1 is 0.913 bits per heavy atom. The average molecular weight is 332 g/mol. The van der Waals surface area contributed by atoms with Gasteiger partial charge in [0.25, 0.3) is 0 Å². The molecule has 1 heterocycles. The maximum absolute atomic E-state index is 14.8. The third kappa shape index (κ3) is 4.18. The molecular weight excluding hydrogens is 304 g/mol. The van der Waals surface area contributed by atoms with E-state index in [1.54, 1.807) is 12.3 Å². The zero-order valence-corrected chi connectivity index (χ0v) is 15.5. The topological polar surface area (TPSA) is 12.9 Å². The van der Waals surface area contributed by atoms with Crippen LogP contribution in [0.2, 0.25) is 0 Å². The van der Waals surface area contributed by atoms with Gasteiger partial charge in [-0.05, 0) is 49.6 Å². The average Bonchev–Trinajstić information content (AvgIpc) is 2.56. The second kappa shape index (κ2) is 8.55. The Balaban J connectivity index is 2.53. The molecule has 0 fully saturated rings. The molecular formula is C20H28FNP+. The highest BCUT2D eigenvalue weighted by molar-refractivity contribution is 7.82. The van der Waals surface area contributed by atoms with Crippen molar-refractivity contribution in [2.75, 3.05) is 18.5 Å². The van der Waals surface area contributed by atoms with Crippen molar-refractivity contribution in [1.29, 1.82) is 0 Å². The van der Waals surface area contributed by atoms with Crippen molar-refractivity contribution in [2.24, 2.45) is 0 Å². The molecule has 0 radical (unpaired) electrons. The third-order valence-electron chi connectivity index (χ3n) is 4.37. The van der Waals surface area contributed by atoms with Crippen LogP contribution in [0, 0.1) is 5.82 Å². The van der Waals surface area contributed by atoms with Crippen molar-refractivity contribution < 1.29 is 4.39 Å². The Labute approximate surface area is 140 Å². The molecule has 3 heteroatoms. The summed E-state index contributed by atoms with van der Waals surface area (Å²) >= 11 is 0. The zero-order valence-electron chi connectivity index (χ0n) is 14.6. The summed E-state index contributed by atoms with van der Waals surface area (Å²) in [5, 5.41) is 0.992. The van der Waals surface area contributed by atoms with Gasteiger partial charge in [-0.1, -0.05) is 26.8 Å². The largest absolute Gasteiger partial charge is 0.256 e. The zero-order chi connectivity index (χ0) is 16.7. The van der Waals surface area contributed by atoms with Crippen LogP contribution in [0.4, 0.5) is 4.39 Å². The molecule has 1 aromatic heterocycles. The number of pyridine rings is 1. The van der Waals surface area contributed by atoms with Crippen LogP contribution in [-0.4, -0.2) is 23.5 Å². The summed E-state index contributed by atoms with van der Waals surface area (Å²) in [6.45, 7) is 6.67. The number of benzene rings is 1. The van der Waals surface area contributed by atoms with Crippen LogP contribution < -0.4 is 5.30 Å². The predicted octanol–water partition coefficient (Wildman–Crippen LogP) is 5.76. The van der Waals surface area contributed by atoms with Gasteiger partial charge in [0.2, 0.25) is 0 Å². The molecule has 23 heavy (non-hydrogen) atoms. The van der Waals surface area contributed by atoms with Crippen molar-refractivity contribution in [1.82, 2.24) is 4.98 Å². The first kappa shape index (κ1) is 18.1. The van der Waals surface area contributed by atoms with Gasteiger partial charge in [-0.25, -0.2) is 4.39 Å². The first-order valence-corrected chi connectivity index (χ1v) is 11.1. The number of rotatable bonds is 8. The molecule has 0 aliphatic carbocycles. The Bertz CT molecular complexity index is 595. The van der Waals surface area contributed by atoms with Gasteiger partial charge < -0.3 is 0 Å². The second-order valence-electron chi connectivity index (χ2n) is 6.20. The summed E-state index contributed by atoms with van der Waals surface area (Å²) in [5.41, 5.74) is 1.96. The lowest BCUT2D eigenvalue weighted by Crippen LogP contribution is -2.23. The molecule has 124 valence electrons. The normalized spacial score (nSPS) is 11.7. The summed E-state index contributed by atoms with van der Waals surface area (Å²) in [5.74, 6) is -0.0200. The summed E-state index contributed by atoms with van der Waals surface area (Å²) in [6.07, 6.45) is 8.62. The fraction of sp³-hybridized carbons (Fsp3) is 0.450. The standard InChI is InChI=1S/C20H28FNP/c1-4-13-23(14-5-2,15-6-3)20-16-17(10-11-18(20)21)19-9-7-8-12-22-19/h7-12,16H,4-6,13-15H2,1-3H3/q+1. The molecule has 0 spiro atoms. The van der Waals surface area contributed by atoms with Crippen LogP contribution in [0.15, 0.2) is 42.6 Å². The van der Waals surface area contributed by atoms with E-state index in [0.29, 0.717) is 0 Å².